The van der Waals surface area contributed by atoms with Crippen molar-refractivity contribution in [3.8, 4) is 11.5 Å². The first-order chi connectivity index (χ1) is 15.1. The van der Waals surface area contributed by atoms with Crippen molar-refractivity contribution < 1.29 is 19.1 Å². The smallest absolute Gasteiger partial charge is 0.276 e. The summed E-state index contributed by atoms with van der Waals surface area (Å²) in [6, 6.07) is 24.9. The Hall–Kier alpha value is -3.80. The lowest BCUT2D eigenvalue weighted by atomic mass is 10.0. The predicted octanol–water partition coefficient (Wildman–Crippen LogP) is 3.45. The largest absolute Gasteiger partial charge is 0.494 e. The normalized spacial score (nSPS) is 10.2. The van der Waals surface area contributed by atoms with Crippen molar-refractivity contribution in [3.05, 3.63) is 95.6 Å². The van der Waals surface area contributed by atoms with Gasteiger partial charge >= 0.3 is 0 Å². The van der Waals surface area contributed by atoms with Gasteiger partial charge in [-0.15, -0.1) is 0 Å². The molecule has 0 radical (unpaired) electrons. The number of para-hydroxylation sites is 1. The maximum Gasteiger partial charge on any atom is 0.276 e. The quantitative estimate of drug-likeness (QED) is 0.522. The van der Waals surface area contributed by atoms with Gasteiger partial charge in [-0.1, -0.05) is 60.7 Å². The van der Waals surface area contributed by atoms with Gasteiger partial charge in [0, 0.05) is 6.42 Å². The molecular weight excluding hydrogens is 392 g/mol. The minimum absolute atomic E-state index is 0.146. The van der Waals surface area contributed by atoms with Crippen molar-refractivity contribution in [3.63, 3.8) is 0 Å². The highest BCUT2D eigenvalue weighted by atomic mass is 16.5. The molecule has 160 valence electrons. The van der Waals surface area contributed by atoms with Gasteiger partial charge in [-0.25, -0.2) is 0 Å². The summed E-state index contributed by atoms with van der Waals surface area (Å²) in [5.74, 6) is 0.642. The molecule has 0 aliphatic rings. The number of hydrogen-bond acceptors (Lipinski definition) is 4. The molecule has 0 bridgehead atoms. The van der Waals surface area contributed by atoms with Gasteiger partial charge in [0.2, 0.25) is 5.91 Å². The van der Waals surface area contributed by atoms with Gasteiger partial charge in [-0.3, -0.25) is 20.4 Å². The molecule has 0 aliphatic carbocycles. The summed E-state index contributed by atoms with van der Waals surface area (Å²) in [6.07, 6.45) is 0.852. The van der Waals surface area contributed by atoms with E-state index in [1.165, 1.54) is 0 Å². The molecule has 0 saturated heterocycles. The third-order valence-electron chi connectivity index (χ3n) is 4.51. The van der Waals surface area contributed by atoms with Gasteiger partial charge in [0.25, 0.3) is 5.91 Å². The van der Waals surface area contributed by atoms with Crippen LogP contribution in [0.25, 0.3) is 0 Å². The highest BCUT2D eigenvalue weighted by Gasteiger charge is 2.09. The maximum absolute atomic E-state index is 12.1. The maximum atomic E-state index is 12.1. The summed E-state index contributed by atoms with van der Waals surface area (Å²) in [4.78, 5) is 24.2. The summed E-state index contributed by atoms with van der Waals surface area (Å²) in [5.41, 5.74) is 7.76. The van der Waals surface area contributed by atoms with E-state index in [4.69, 9.17) is 9.47 Å². The predicted molar refractivity (Wildman–Crippen MR) is 119 cm³/mol. The molecule has 31 heavy (non-hydrogen) atoms. The van der Waals surface area contributed by atoms with Crippen LogP contribution >= 0.6 is 0 Å². The Balaban J connectivity index is 1.44. The molecule has 0 spiro atoms. The van der Waals surface area contributed by atoms with Crippen molar-refractivity contribution in [1.82, 2.24) is 10.9 Å². The number of hydrogen-bond donors (Lipinski definition) is 2. The van der Waals surface area contributed by atoms with E-state index < -0.39 is 5.91 Å². The number of rotatable bonds is 9. The fourth-order valence-electron chi connectivity index (χ4n) is 3.03. The Kier molecular flexibility index (Phi) is 8.05. The van der Waals surface area contributed by atoms with Gasteiger partial charge in [0.05, 0.1) is 13.0 Å². The SMILES string of the molecule is CCOc1ccc(CC(=O)NNC(=O)COc2ccccc2Cc2ccccc2)cc1. The second-order valence-electron chi connectivity index (χ2n) is 6.91. The summed E-state index contributed by atoms with van der Waals surface area (Å²) in [7, 11) is 0. The van der Waals surface area contributed by atoms with Crippen molar-refractivity contribution in [2.24, 2.45) is 0 Å². The Labute approximate surface area is 182 Å². The zero-order valence-electron chi connectivity index (χ0n) is 17.5. The summed E-state index contributed by atoms with van der Waals surface area (Å²) < 4.78 is 11.1. The fourth-order valence-corrected chi connectivity index (χ4v) is 3.03. The molecular formula is C25H26N2O4. The summed E-state index contributed by atoms with van der Waals surface area (Å²) in [5, 5.41) is 0. The molecule has 0 saturated carbocycles. The first kappa shape index (κ1) is 21.9. The minimum atomic E-state index is -0.436. The topological polar surface area (TPSA) is 76.7 Å². The third-order valence-corrected chi connectivity index (χ3v) is 4.51. The van der Waals surface area contributed by atoms with Crippen LogP contribution < -0.4 is 20.3 Å². The Bertz CT molecular complexity index is 988. The van der Waals surface area contributed by atoms with Gasteiger partial charge in [0.1, 0.15) is 11.5 Å². The molecule has 0 aliphatic heterocycles. The lowest BCUT2D eigenvalue weighted by Gasteiger charge is -2.12. The molecule has 0 unspecified atom stereocenters. The second kappa shape index (κ2) is 11.4. The molecule has 2 N–H and O–H groups in total. The van der Waals surface area contributed by atoms with Crippen LogP contribution in [0.5, 0.6) is 11.5 Å². The molecule has 3 aromatic carbocycles. The summed E-state index contributed by atoms with van der Waals surface area (Å²) >= 11 is 0. The molecule has 2 amide bonds. The van der Waals surface area contributed by atoms with E-state index in [1.54, 1.807) is 0 Å². The van der Waals surface area contributed by atoms with Gasteiger partial charge in [-0.05, 0) is 41.8 Å². The lowest BCUT2D eigenvalue weighted by molar-refractivity contribution is -0.129. The first-order valence-corrected chi connectivity index (χ1v) is 10.2. The van der Waals surface area contributed by atoms with E-state index in [0.717, 1.165) is 22.4 Å². The van der Waals surface area contributed by atoms with Crippen LogP contribution in [0.3, 0.4) is 0 Å². The van der Waals surface area contributed by atoms with Gasteiger partial charge < -0.3 is 9.47 Å². The molecule has 0 aromatic heterocycles. The van der Waals surface area contributed by atoms with Crippen LogP contribution in [-0.4, -0.2) is 25.0 Å². The van der Waals surface area contributed by atoms with Crippen molar-refractivity contribution >= 4 is 11.8 Å². The molecule has 3 aromatic rings. The number of nitrogens with one attached hydrogen (secondary N) is 2. The van der Waals surface area contributed by atoms with E-state index in [1.807, 2.05) is 85.8 Å². The molecule has 6 heteroatoms. The number of amides is 2. The molecule has 6 nitrogen and oxygen atoms in total. The van der Waals surface area contributed by atoms with Gasteiger partial charge in [-0.2, -0.15) is 0 Å². The molecule has 0 heterocycles. The third kappa shape index (κ3) is 7.19. The van der Waals surface area contributed by atoms with Gasteiger partial charge in [0.15, 0.2) is 6.61 Å². The van der Waals surface area contributed by atoms with Crippen molar-refractivity contribution in [2.45, 2.75) is 19.8 Å². The number of benzene rings is 3. The average Bonchev–Trinajstić information content (AvgIpc) is 2.79. The Morgan fingerprint density at radius 2 is 1.42 bits per heavy atom. The highest BCUT2D eigenvalue weighted by molar-refractivity contribution is 5.83. The zero-order valence-corrected chi connectivity index (χ0v) is 17.5. The fraction of sp³-hybridized carbons (Fsp3) is 0.200. The first-order valence-electron chi connectivity index (χ1n) is 10.2. The van der Waals surface area contributed by atoms with E-state index in [0.29, 0.717) is 18.8 Å². The highest BCUT2D eigenvalue weighted by Crippen LogP contribution is 2.21. The minimum Gasteiger partial charge on any atom is -0.494 e. The molecule has 3 rings (SSSR count). The monoisotopic (exact) mass is 418 g/mol. The van der Waals surface area contributed by atoms with Crippen LogP contribution in [0.1, 0.15) is 23.6 Å². The number of hydrazine groups is 1. The van der Waals surface area contributed by atoms with E-state index in [-0.39, 0.29) is 18.9 Å². The van der Waals surface area contributed by atoms with E-state index in [2.05, 4.69) is 10.9 Å². The molecule has 0 atom stereocenters. The van der Waals surface area contributed by atoms with Crippen LogP contribution in [0.4, 0.5) is 0 Å². The van der Waals surface area contributed by atoms with E-state index >= 15 is 0 Å². The number of ether oxygens (including phenoxy) is 2. The Morgan fingerprint density at radius 1 is 0.742 bits per heavy atom. The Morgan fingerprint density at radius 3 is 2.16 bits per heavy atom. The van der Waals surface area contributed by atoms with Crippen LogP contribution in [0.2, 0.25) is 0 Å². The zero-order chi connectivity index (χ0) is 21.9. The standard InChI is InChI=1S/C25H26N2O4/c1-2-30-22-14-12-20(13-15-22)17-24(28)26-27-25(29)18-31-23-11-7-6-10-21(23)16-19-8-4-3-5-9-19/h3-15H,2,16-18H2,1H3,(H,26,28)(H,27,29). The average molecular weight is 418 g/mol. The summed E-state index contributed by atoms with van der Waals surface area (Å²) in [6.45, 7) is 2.30. The van der Waals surface area contributed by atoms with Crippen molar-refractivity contribution in [1.29, 1.82) is 0 Å². The number of carbonyl (C=O) groups is 2. The van der Waals surface area contributed by atoms with Crippen molar-refractivity contribution in [2.75, 3.05) is 13.2 Å². The lowest BCUT2D eigenvalue weighted by Crippen LogP contribution is -2.44. The number of carbonyl (C=O) groups excluding carboxylic acids is 2. The van der Waals surface area contributed by atoms with E-state index in [9.17, 15) is 9.59 Å². The second-order valence-corrected chi connectivity index (χ2v) is 6.91. The van der Waals surface area contributed by atoms with Crippen LogP contribution in [0, 0.1) is 0 Å². The molecule has 0 fully saturated rings. The van der Waals surface area contributed by atoms with Crippen LogP contribution in [0.15, 0.2) is 78.9 Å². The van der Waals surface area contributed by atoms with Crippen LogP contribution in [-0.2, 0) is 22.4 Å².